The van der Waals surface area contributed by atoms with Crippen LogP contribution in [0.1, 0.15) is 73.6 Å². The molecule has 2 aromatic rings. The first-order chi connectivity index (χ1) is 19.6. The smallest absolute Gasteiger partial charge is 0.338 e. The molecule has 0 bridgehead atoms. The number of aliphatic carboxylic acids is 1. The summed E-state index contributed by atoms with van der Waals surface area (Å²) in [6.45, 7) is 5.80. The van der Waals surface area contributed by atoms with Gasteiger partial charge in [-0.15, -0.1) is 0 Å². The molecule has 3 aliphatic rings. The highest BCUT2D eigenvalue weighted by atomic mass is 16.6. The molecule has 0 radical (unpaired) electrons. The van der Waals surface area contributed by atoms with Crippen molar-refractivity contribution in [2.45, 2.75) is 59.0 Å². The lowest BCUT2D eigenvalue weighted by atomic mass is 9.54. The van der Waals surface area contributed by atoms with E-state index in [0.717, 1.165) is 11.1 Å². The van der Waals surface area contributed by atoms with E-state index in [1.807, 2.05) is 6.92 Å². The molecule has 7 heteroatoms. The highest BCUT2D eigenvalue weighted by molar-refractivity contribution is 5.98. The first-order valence-corrected chi connectivity index (χ1v) is 14.3. The number of hydrogen-bond acceptors (Lipinski definition) is 6. The third-order valence-electron chi connectivity index (χ3n) is 9.36. The Bertz CT molecular complexity index is 1420. The highest BCUT2D eigenvalue weighted by Gasteiger charge is 2.60. The summed E-state index contributed by atoms with van der Waals surface area (Å²) >= 11 is 0. The summed E-state index contributed by atoms with van der Waals surface area (Å²) in [6, 6.07) is 17.1. The molecule has 0 aliphatic heterocycles. The molecule has 0 heterocycles. The van der Waals surface area contributed by atoms with Gasteiger partial charge in [0, 0.05) is 11.0 Å². The van der Waals surface area contributed by atoms with Gasteiger partial charge in [-0.05, 0) is 79.9 Å². The number of carbonyl (C=O) groups is 4. The zero-order valence-electron chi connectivity index (χ0n) is 23.7. The zero-order chi connectivity index (χ0) is 29.4. The van der Waals surface area contributed by atoms with E-state index >= 15 is 0 Å². The van der Waals surface area contributed by atoms with Gasteiger partial charge in [0.15, 0.2) is 5.78 Å². The Morgan fingerprint density at radius 1 is 0.927 bits per heavy atom. The van der Waals surface area contributed by atoms with E-state index < -0.39 is 40.8 Å². The Kier molecular flexibility index (Phi) is 7.73. The largest absolute Gasteiger partial charge is 0.481 e. The molecule has 1 saturated carbocycles. The fourth-order valence-corrected chi connectivity index (χ4v) is 6.94. The number of carboxylic acids is 1. The Morgan fingerprint density at radius 2 is 1.54 bits per heavy atom. The molecule has 2 unspecified atom stereocenters. The van der Waals surface area contributed by atoms with Crippen LogP contribution in [0.4, 0.5) is 0 Å². The summed E-state index contributed by atoms with van der Waals surface area (Å²) < 4.78 is 11.7. The lowest BCUT2D eigenvalue weighted by Gasteiger charge is -2.48. The van der Waals surface area contributed by atoms with E-state index in [1.165, 1.54) is 6.08 Å². The van der Waals surface area contributed by atoms with E-state index in [2.05, 4.69) is 13.8 Å². The van der Waals surface area contributed by atoms with Crippen LogP contribution in [0.25, 0.3) is 0 Å². The van der Waals surface area contributed by atoms with Gasteiger partial charge in [0.1, 0.15) is 12.7 Å². The summed E-state index contributed by atoms with van der Waals surface area (Å²) in [5, 5.41) is 10.5. The van der Waals surface area contributed by atoms with Crippen molar-refractivity contribution in [3.63, 3.8) is 0 Å². The maximum Gasteiger partial charge on any atom is 0.338 e. The minimum absolute atomic E-state index is 0.122. The van der Waals surface area contributed by atoms with Crippen LogP contribution in [-0.4, -0.2) is 41.5 Å². The average molecular weight is 557 g/mol. The van der Waals surface area contributed by atoms with Crippen molar-refractivity contribution in [3.8, 4) is 0 Å². The molecule has 0 saturated heterocycles. The number of benzene rings is 2. The maximum atomic E-state index is 14.0. The Hall–Kier alpha value is -4.00. The topological polar surface area (TPSA) is 107 Å². The van der Waals surface area contributed by atoms with Crippen molar-refractivity contribution < 1.29 is 33.8 Å². The van der Waals surface area contributed by atoms with E-state index in [-0.39, 0.29) is 24.7 Å². The third-order valence-corrected chi connectivity index (χ3v) is 9.36. The van der Waals surface area contributed by atoms with Crippen LogP contribution in [0, 0.1) is 22.7 Å². The number of carbonyl (C=O) groups excluding carboxylic acids is 3. The molecule has 0 spiro atoms. The number of esters is 2. The molecule has 4 atom stereocenters. The van der Waals surface area contributed by atoms with Gasteiger partial charge < -0.3 is 14.6 Å². The number of carboxylic acid groups (broad SMARTS) is 1. The molecule has 3 aliphatic carbocycles. The standard InChI is InChI=1S/C34H36O7/c1-21(2)25-14-15-34(32(38)39)17-16-33(3)26(29(25)34)19-27(41-31(37)23-12-8-5-9-13-23)24(18-28(33)35)20-40-30(36)22-10-6-4-7-11-22/h4-13,18,21,26-27H,14-17,19-20H2,1-3H3,(H,38,39)/t26?,27?,33-,34+/m1/s1. The molecular weight excluding hydrogens is 520 g/mol. The van der Waals surface area contributed by atoms with E-state index in [1.54, 1.807) is 60.7 Å². The summed E-state index contributed by atoms with van der Waals surface area (Å²) in [6.07, 6.45) is 2.79. The molecular formula is C34H36O7. The summed E-state index contributed by atoms with van der Waals surface area (Å²) in [5.41, 5.74) is 1.14. The van der Waals surface area contributed by atoms with E-state index in [4.69, 9.17) is 9.47 Å². The fraction of sp³-hybridized carbons (Fsp3) is 0.412. The number of ketones is 1. The van der Waals surface area contributed by atoms with Crippen molar-refractivity contribution in [1.82, 2.24) is 0 Å². The molecule has 41 heavy (non-hydrogen) atoms. The van der Waals surface area contributed by atoms with Crippen LogP contribution in [0.2, 0.25) is 0 Å². The van der Waals surface area contributed by atoms with Crippen LogP contribution in [0.5, 0.6) is 0 Å². The fourth-order valence-electron chi connectivity index (χ4n) is 6.94. The predicted molar refractivity (Wildman–Crippen MR) is 152 cm³/mol. The number of ether oxygens (including phenoxy) is 2. The van der Waals surface area contributed by atoms with Crippen LogP contribution < -0.4 is 0 Å². The predicted octanol–water partition coefficient (Wildman–Crippen LogP) is 6.20. The lowest BCUT2D eigenvalue weighted by molar-refractivity contribution is -0.151. The SMILES string of the molecule is CC(C)C1=C2C3CC(OC(=O)c4ccccc4)C(COC(=O)c4ccccc4)=CC(=O)[C@]3(C)CC[C@@]2(C(=O)O)CC1. The summed E-state index contributed by atoms with van der Waals surface area (Å²) in [5.74, 6) is -2.44. The van der Waals surface area contributed by atoms with Crippen LogP contribution in [0.15, 0.2) is 83.5 Å². The molecule has 7 nitrogen and oxygen atoms in total. The van der Waals surface area contributed by atoms with Crippen LogP contribution in [-0.2, 0) is 19.1 Å². The normalized spacial score (nSPS) is 27.4. The average Bonchev–Trinajstić information content (AvgIpc) is 3.34. The van der Waals surface area contributed by atoms with Gasteiger partial charge >= 0.3 is 17.9 Å². The Morgan fingerprint density at radius 3 is 2.12 bits per heavy atom. The minimum Gasteiger partial charge on any atom is -0.481 e. The molecule has 1 fully saturated rings. The molecule has 5 rings (SSSR count). The van der Waals surface area contributed by atoms with Crippen molar-refractivity contribution in [2.24, 2.45) is 22.7 Å². The minimum atomic E-state index is -1.03. The second-order valence-electron chi connectivity index (χ2n) is 12.0. The van der Waals surface area contributed by atoms with Crippen LogP contribution in [0.3, 0.4) is 0 Å². The van der Waals surface area contributed by atoms with Gasteiger partial charge in [0.25, 0.3) is 0 Å². The second kappa shape index (κ2) is 11.1. The molecule has 0 aromatic heterocycles. The van der Waals surface area contributed by atoms with Gasteiger partial charge in [-0.3, -0.25) is 9.59 Å². The molecule has 2 aromatic carbocycles. The number of rotatable bonds is 7. The van der Waals surface area contributed by atoms with Crippen molar-refractivity contribution in [2.75, 3.05) is 6.61 Å². The number of fused-ring (bicyclic) bond motifs is 3. The van der Waals surface area contributed by atoms with Crippen molar-refractivity contribution in [1.29, 1.82) is 0 Å². The highest BCUT2D eigenvalue weighted by Crippen LogP contribution is 2.62. The van der Waals surface area contributed by atoms with Gasteiger partial charge in [-0.25, -0.2) is 9.59 Å². The van der Waals surface area contributed by atoms with Gasteiger partial charge in [-0.2, -0.15) is 0 Å². The summed E-state index contributed by atoms with van der Waals surface area (Å²) in [7, 11) is 0. The van der Waals surface area contributed by atoms with E-state index in [0.29, 0.717) is 42.4 Å². The summed E-state index contributed by atoms with van der Waals surface area (Å²) in [4.78, 5) is 52.9. The van der Waals surface area contributed by atoms with E-state index in [9.17, 15) is 24.3 Å². The van der Waals surface area contributed by atoms with Crippen LogP contribution >= 0.6 is 0 Å². The monoisotopic (exact) mass is 556 g/mol. The van der Waals surface area contributed by atoms with Crippen molar-refractivity contribution >= 4 is 23.7 Å². The molecule has 214 valence electrons. The first kappa shape index (κ1) is 28.5. The van der Waals surface area contributed by atoms with Gasteiger partial charge in [0.05, 0.1) is 16.5 Å². The zero-order valence-corrected chi connectivity index (χ0v) is 23.7. The number of allylic oxidation sites excluding steroid dienone is 2. The second-order valence-corrected chi connectivity index (χ2v) is 12.0. The maximum absolute atomic E-state index is 14.0. The number of hydrogen-bond donors (Lipinski definition) is 1. The van der Waals surface area contributed by atoms with Gasteiger partial charge in [0.2, 0.25) is 0 Å². The Balaban J connectivity index is 1.55. The Labute approximate surface area is 240 Å². The van der Waals surface area contributed by atoms with Crippen molar-refractivity contribution in [3.05, 3.63) is 94.6 Å². The molecule has 0 amide bonds. The molecule has 1 N–H and O–H groups in total. The van der Waals surface area contributed by atoms with Gasteiger partial charge in [-0.1, -0.05) is 62.7 Å². The first-order valence-electron chi connectivity index (χ1n) is 14.3. The third kappa shape index (κ3) is 5.14. The lowest BCUT2D eigenvalue weighted by Crippen LogP contribution is -2.48. The quantitative estimate of drug-likeness (QED) is 0.320.